The summed E-state index contributed by atoms with van der Waals surface area (Å²) in [4.78, 5) is 26.6. The monoisotopic (exact) mass is 750 g/mol. The van der Waals surface area contributed by atoms with Crippen LogP contribution in [0.1, 0.15) is 5.56 Å². The van der Waals surface area contributed by atoms with Crippen LogP contribution in [0, 0.1) is 5.92 Å². The number of nitrogens with one attached hydrogen (secondary N) is 2. The standard InChI is InChI=1S/C24H19Br4ClN2O4/c1-35-23-19(27)6-12(7-20(23)28)5-16(21(32)11-30-14-4-2-3-13(29)8-14)24(34)31-15-9-17(25)22(33)18(26)10-15/h2-4,6-10,16,30,33H,5,11H2,1H3,(H,31,34). The van der Waals surface area contributed by atoms with E-state index < -0.39 is 11.8 Å². The topological polar surface area (TPSA) is 87.7 Å². The number of hydrogen-bond donors (Lipinski definition) is 3. The number of aromatic hydroxyl groups is 1. The molecule has 0 heterocycles. The van der Waals surface area contributed by atoms with Crippen molar-refractivity contribution < 1.29 is 19.4 Å². The molecular weight excluding hydrogens is 735 g/mol. The van der Waals surface area contributed by atoms with Crippen molar-refractivity contribution >= 4 is 98.4 Å². The van der Waals surface area contributed by atoms with Gasteiger partial charge < -0.3 is 20.5 Å². The zero-order valence-electron chi connectivity index (χ0n) is 18.2. The maximum atomic E-state index is 13.3. The summed E-state index contributed by atoms with van der Waals surface area (Å²) in [6.07, 6.45) is 0.156. The Morgan fingerprint density at radius 2 is 1.60 bits per heavy atom. The van der Waals surface area contributed by atoms with Gasteiger partial charge in [-0.1, -0.05) is 17.7 Å². The number of Topliss-reactive ketones (excluding diaryl/α,β-unsaturated/α-hetero) is 1. The largest absolute Gasteiger partial charge is 0.506 e. The molecule has 1 atom stereocenters. The maximum Gasteiger partial charge on any atom is 0.235 e. The third kappa shape index (κ3) is 7.45. The minimum absolute atomic E-state index is 0.00859. The molecule has 3 aromatic rings. The minimum Gasteiger partial charge on any atom is -0.506 e. The molecule has 184 valence electrons. The molecule has 0 aliphatic heterocycles. The summed E-state index contributed by atoms with van der Waals surface area (Å²) in [5.41, 5.74) is 1.85. The first-order valence-corrected chi connectivity index (χ1v) is 13.7. The second-order valence-corrected chi connectivity index (χ2v) is 11.3. The lowest BCUT2D eigenvalue weighted by Gasteiger charge is -2.18. The molecule has 3 N–H and O–H groups in total. The van der Waals surface area contributed by atoms with Crippen LogP contribution in [0.3, 0.4) is 0 Å². The molecule has 3 rings (SSSR count). The van der Waals surface area contributed by atoms with Crippen molar-refractivity contribution in [2.24, 2.45) is 5.92 Å². The van der Waals surface area contributed by atoms with Gasteiger partial charge in [-0.3, -0.25) is 9.59 Å². The van der Waals surface area contributed by atoms with Gasteiger partial charge in [0.1, 0.15) is 17.4 Å². The fourth-order valence-corrected chi connectivity index (χ4v) is 6.27. The van der Waals surface area contributed by atoms with E-state index in [4.69, 9.17) is 16.3 Å². The molecule has 0 bridgehead atoms. The Labute approximate surface area is 241 Å². The fraction of sp³-hybridized carbons (Fsp3) is 0.167. The number of carbonyl (C=O) groups is 2. The first-order chi connectivity index (χ1) is 16.6. The molecular formula is C24H19Br4ClN2O4. The Balaban J connectivity index is 1.86. The molecule has 0 radical (unpaired) electrons. The number of phenols is 1. The molecule has 1 amide bonds. The van der Waals surface area contributed by atoms with Crippen molar-refractivity contribution in [3.05, 3.63) is 77.0 Å². The zero-order valence-corrected chi connectivity index (χ0v) is 25.3. The smallest absolute Gasteiger partial charge is 0.235 e. The van der Waals surface area contributed by atoms with Gasteiger partial charge in [-0.2, -0.15) is 0 Å². The zero-order chi connectivity index (χ0) is 25.7. The lowest BCUT2D eigenvalue weighted by Crippen LogP contribution is -2.35. The predicted octanol–water partition coefficient (Wildman–Crippen LogP) is 7.58. The molecule has 0 aliphatic rings. The van der Waals surface area contributed by atoms with Crippen LogP contribution in [0.5, 0.6) is 11.5 Å². The maximum absolute atomic E-state index is 13.3. The minimum atomic E-state index is -1.000. The second-order valence-electron chi connectivity index (χ2n) is 7.46. The van der Waals surface area contributed by atoms with Crippen LogP contribution < -0.4 is 15.4 Å². The number of methoxy groups -OCH3 is 1. The highest BCUT2D eigenvalue weighted by atomic mass is 79.9. The van der Waals surface area contributed by atoms with Gasteiger partial charge in [0.25, 0.3) is 0 Å². The molecule has 0 fully saturated rings. The summed E-state index contributed by atoms with van der Waals surface area (Å²) in [6.45, 7) is -0.0696. The van der Waals surface area contributed by atoms with Crippen molar-refractivity contribution in [3.8, 4) is 11.5 Å². The van der Waals surface area contributed by atoms with E-state index in [2.05, 4.69) is 74.4 Å². The summed E-state index contributed by atoms with van der Waals surface area (Å²) in [6, 6.07) is 13.7. The molecule has 0 saturated carbocycles. The Hall–Kier alpha value is -1.59. The molecule has 35 heavy (non-hydrogen) atoms. The highest BCUT2D eigenvalue weighted by Crippen LogP contribution is 2.36. The quantitative estimate of drug-likeness (QED) is 0.155. The van der Waals surface area contributed by atoms with Gasteiger partial charge in [-0.25, -0.2) is 0 Å². The molecule has 0 aliphatic carbocycles. The summed E-state index contributed by atoms with van der Waals surface area (Å²) >= 11 is 19.5. The average molecular weight is 754 g/mol. The van der Waals surface area contributed by atoms with E-state index in [0.717, 1.165) is 5.56 Å². The van der Waals surface area contributed by atoms with Crippen LogP contribution >= 0.6 is 75.3 Å². The highest BCUT2D eigenvalue weighted by Gasteiger charge is 2.28. The fourth-order valence-electron chi connectivity index (χ4n) is 3.29. The number of rotatable bonds is 9. The molecule has 0 aromatic heterocycles. The number of ether oxygens (including phenoxy) is 1. The molecule has 1 unspecified atom stereocenters. The van der Waals surface area contributed by atoms with E-state index in [0.29, 0.717) is 40.0 Å². The summed E-state index contributed by atoms with van der Waals surface area (Å²) in [7, 11) is 1.56. The van der Waals surface area contributed by atoms with E-state index in [1.54, 1.807) is 43.5 Å². The summed E-state index contributed by atoms with van der Waals surface area (Å²) in [5, 5.41) is 16.3. The van der Waals surface area contributed by atoms with Crippen molar-refractivity contribution in [3.63, 3.8) is 0 Å². The lowest BCUT2D eigenvalue weighted by atomic mass is 9.93. The van der Waals surface area contributed by atoms with E-state index in [-0.39, 0.29) is 24.5 Å². The Kier molecular flexibility index (Phi) is 10.1. The van der Waals surface area contributed by atoms with Crippen LogP contribution in [0.25, 0.3) is 0 Å². The molecule has 0 saturated heterocycles. The number of halogens is 5. The number of carbonyl (C=O) groups excluding carboxylic acids is 2. The third-order valence-corrected chi connectivity index (χ3v) is 7.61. The molecule has 6 nitrogen and oxygen atoms in total. The second kappa shape index (κ2) is 12.6. The van der Waals surface area contributed by atoms with Gasteiger partial charge >= 0.3 is 0 Å². The number of benzene rings is 3. The van der Waals surface area contributed by atoms with Crippen LogP contribution in [0.2, 0.25) is 5.02 Å². The summed E-state index contributed by atoms with van der Waals surface area (Å²) in [5.74, 6) is -1.16. The lowest BCUT2D eigenvalue weighted by molar-refractivity contribution is -0.130. The first kappa shape index (κ1) is 28.0. The predicted molar refractivity (Wildman–Crippen MR) is 153 cm³/mol. The van der Waals surface area contributed by atoms with Crippen LogP contribution in [-0.4, -0.2) is 30.5 Å². The van der Waals surface area contributed by atoms with Crippen molar-refractivity contribution in [1.82, 2.24) is 0 Å². The normalized spacial score (nSPS) is 11.6. The average Bonchev–Trinajstić information content (AvgIpc) is 2.79. The number of ketones is 1. The highest BCUT2D eigenvalue weighted by molar-refractivity contribution is 9.11. The van der Waals surface area contributed by atoms with Crippen LogP contribution in [0.4, 0.5) is 11.4 Å². The van der Waals surface area contributed by atoms with Gasteiger partial charge in [0.05, 0.1) is 31.5 Å². The van der Waals surface area contributed by atoms with E-state index in [1.165, 1.54) is 0 Å². The Morgan fingerprint density at radius 3 is 2.17 bits per heavy atom. The van der Waals surface area contributed by atoms with Crippen molar-refractivity contribution in [1.29, 1.82) is 0 Å². The van der Waals surface area contributed by atoms with E-state index in [1.807, 2.05) is 12.1 Å². The molecule has 0 spiro atoms. The van der Waals surface area contributed by atoms with Gasteiger partial charge in [-0.05, 0) is 118 Å². The van der Waals surface area contributed by atoms with Gasteiger partial charge in [0.15, 0.2) is 5.78 Å². The number of phenolic OH excluding ortho intramolecular Hbond substituents is 1. The van der Waals surface area contributed by atoms with Gasteiger partial charge in [-0.15, -0.1) is 0 Å². The Bertz CT molecular complexity index is 1230. The SMILES string of the molecule is COc1c(Br)cc(CC(C(=O)CNc2cccc(Cl)c2)C(=O)Nc2cc(Br)c(O)c(Br)c2)cc1Br. The van der Waals surface area contributed by atoms with E-state index in [9.17, 15) is 14.7 Å². The van der Waals surface area contributed by atoms with Crippen LogP contribution in [-0.2, 0) is 16.0 Å². The first-order valence-electron chi connectivity index (χ1n) is 10.1. The Morgan fingerprint density at radius 1 is 0.971 bits per heavy atom. The number of anilines is 2. The molecule has 3 aromatic carbocycles. The number of amides is 1. The molecule has 11 heteroatoms. The van der Waals surface area contributed by atoms with Gasteiger partial charge in [0.2, 0.25) is 5.91 Å². The van der Waals surface area contributed by atoms with Crippen molar-refractivity contribution in [2.45, 2.75) is 6.42 Å². The van der Waals surface area contributed by atoms with Crippen LogP contribution in [0.15, 0.2) is 66.4 Å². The van der Waals surface area contributed by atoms with E-state index >= 15 is 0 Å². The number of hydrogen-bond acceptors (Lipinski definition) is 5. The van der Waals surface area contributed by atoms with Gasteiger partial charge in [0, 0.05) is 16.4 Å². The van der Waals surface area contributed by atoms with Crippen molar-refractivity contribution in [2.75, 3.05) is 24.3 Å². The summed E-state index contributed by atoms with van der Waals surface area (Å²) < 4.78 is 7.53. The third-order valence-electron chi connectivity index (χ3n) is 4.98.